The van der Waals surface area contributed by atoms with Crippen LogP contribution >= 0.6 is 11.8 Å². The molecule has 3 atom stereocenters. The molecule has 0 bridgehead atoms. The Morgan fingerprint density at radius 3 is 2.29 bits per heavy atom. The summed E-state index contributed by atoms with van der Waals surface area (Å²) < 4.78 is 18.5. The van der Waals surface area contributed by atoms with Crippen LogP contribution in [0, 0.1) is 0 Å². The number of hydrogen-bond acceptors (Lipinski definition) is 7. The van der Waals surface area contributed by atoms with Gasteiger partial charge < -0.3 is 35.1 Å². The number of carbonyl (C=O) groups is 1. The minimum Gasteiger partial charge on any atom is -0.457 e. The summed E-state index contributed by atoms with van der Waals surface area (Å²) in [6.45, 7) is 0.101. The summed E-state index contributed by atoms with van der Waals surface area (Å²) in [4.78, 5) is 12.8. The van der Waals surface area contributed by atoms with Crippen LogP contribution in [0.3, 0.4) is 0 Å². The van der Waals surface area contributed by atoms with Crippen LogP contribution in [0.25, 0.3) is 0 Å². The van der Waals surface area contributed by atoms with Gasteiger partial charge in [-0.2, -0.15) is 11.8 Å². The van der Waals surface area contributed by atoms with E-state index >= 15 is 0 Å². The first-order valence-corrected chi connectivity index (χ1v) is 15.0. The molecule has 4 aromatic carbocycles. The smallest absolute Gasteiger partial charge is 0.323 e. The summed E-state index contributed by atoms with van der Waals surface area (Å²) in [6, 6.07) is 31.4. The lowest BCUT2D eigenvalue weighted by Gasteiger charge is -2.36. The molecule has 0 radical (unpaired) electrons. The van der Waals surface area contributed by atoms with E-state index in [4.69, 9.17) is 14.2 Å². The zero-order valence-corrected chi connectivity index (χ0v) is 23.8. The van der Waals surface area contributed by atoms with E-state index in [9.17, 15) is 15.0 Å². The SMILES string of the molecule is O=C(Nc1ccc(Oc2ccccc2)cc1)Nc1cccc([C@H]2O[C@@H](CSCCO)C[C@@H](c3ccc(CO)cc3)O2)c1. The number of thioether (sulfide) groups is 1. The van der Waals surface area contributed by atoms with Crippen LogP contribution in [0.1, 0.15) is 35.5 Å². The summed E-state index contributed by atoms with van der Waals surface area (Å²) in [5, 5.41) is 24.4. The van der Waals surface area contributed by atoms with E-state index in [1.807, 2.05) is 78.9 Å². The van der Waals surface area contributed by atoms with Crippen molar-refractivity contribution in [3.05, 3.63) is 120 Å². The van der Waals surface area contributed by atoms with Gasteiger partial charge in [0.05, 0.1) is 25.4 Å². The van der Waals surface area contributed by atoms with Gasteiger partial charge in [-0.25, -0.2) is 4.79 Å². The quantitative estimate of drug-likeness (QED) is 0.142. The molecule has 9 heteroatoms. The number of rotatable bonds is 11. The van der Waals surface area contributed by atoms with Crippen molar-refractivity contribution in [3.63, 3.8) is 0 Å². The molecule has 0 aromatic heterocycles. The fourth-order valence-electron chi connectivity index (χ4n) is 4.59. The zero-order chi connectivity index (χ0) is 29.1. The minimum atomic E-state index is -0.636. The molecule has 0 aliphatic carbocycles. The first-order chi connectivity index (χ1) is 20.6. The molecule has 42 heavy (non-hydrogen) atoms. The zero-order valence-electron chi connectivity index (χ0n) is 23.0. The number of aliphatic hydroxyl groups excluding tert-OH is 2. The molecule has 4 aromatic rings. The molecule has 1 aliphatic rings. The van der Waals surface area contributed by atoms with Crippen LogP contribution in [-0.2, 0) is 16.1 Å². The summed E-state index contributed by atoms with van der Waals surface area (Å²) in [5.74, 6) is 2.77. The van der Waals surface area contributed by atoms with Crippen molar-refractivity contribution in [2.24, 2.45) is 0 Å². The summed E-state index contributed by atoms with van der Waals surface area (Å²) in [7, 11) is 0. The summed E-state index contributed by atoms with van der Waals surface area (Å²) in [6.07, 6.45) is -0.257. The molecular formula is C33H34N2O6S. The van der Waals surface area contributed by atoms with E-state index in [0.717, 1.165) is 28.2 Å². The first-order valence-electron chi connectivity index (χ1n) is 13.8. The number of nitrogens with one attached hydrogen (secondary N) is 2. The van der Waals surface area contributed by atoms with E-state index in [0.29, 0.717) is 29.3 Å². The normalized spacial score (nSPS) is 18.3. The second-order valence-corrected chi connectivity index (χ2v) is 10.9. The van der Waals surface area contributed by atoms with Gasteiger partial charge in [0.2, 0.25) is 0 Å². The summed E-state index contributed by atoms with van der Waals surface area (Å²) >= 11 is 1.64. The third-order valence-electron chi connectivity index (χ3n) is 6.66. The van der Waals surface area contributed by atoms with E-state index in [-0.39, 0.29) is 31.5 Å². The Balaban J connectivity index is 1.23. The molecule has 4 N–H and O–H groups in total. The van der Waals surface area contributed by atoms with Crippen molar-refractivity contribution in [3.8, 4) is 11.5 Å². The number of urea groups is 1. The molecule has 1 fully saturated rings. The third-order valence-corrected chi connectivity index (χ3v) is 7.74. The second-order valence-electron chi connectivity index (χ2n) is 9.79. The topological polar surface area (TPSA) is 109 Å². The molecular weight excluding hydrogens is 552 g/mol. The number of amides is 2. The van der Waals surface area contributed by atoms with Crippen molar-refractivity contribution in [2.75, 3.05) is 28.7 Å². The highest BCUT2D eigenvalue weighted by Crippen LogP contribution is 2.39. The average Bonchev–Trinajstić information content (AvgIpc) is 3.03. The average molecular weight is 587 g/mol. The second kappa shape index (κ2) is 14.9. The first kappa shape index (κ1) is 29.6. The van der Waals surface area contributed by atoms with Crippen LogP contribution in [0.2, 0.25) is 0 Å². The maximum absolute atomic E-state index is 12.8. The maximum atomic E-state index is 12.8. The standard InChI is InChI=1S/C33H34N2O6S/c36-17-18-42-22-30-20-31(24-11-9-23(21-37)10-12-24)41-32(40-30)25-5-4-6-27(19-25)35-33(38)34-26-13-15-29(16-14-26)39-28-7-2-1-3-8-28/h1-16,19,30-32,36-37H,17-18,20-22H2,(H2,34,35,38)/t30-,31+,32+/m1/s1. The molecule has 0 spiro atoms. The Morgan fingerprint density at radius 2 is 1.55 bits per heavy atom. The van der Waals surface area contributed by atoms with Crippen LogP contribution in [0.4, 0.5) is 16.2 Å². The van der Waals surface area contributed by atoms with Crippen LogP contribution in [-0.4, -0.2) is 40.5 Å². The third kappa shape index (κ3) is 8.34. The fraction of sp³-hybridized carbons (Fsp3) is 0.242. The highest BCUT2D eigenvalue weighted by Gasteiger charge is 2.32. The van der Waals surface area contributed by atoms with Crippen molar-refractivity contribution in [2.45, 2.75) is 31.5 Å². The molecule has 0 saturated carbocycles. The molecule has 1 aliphatic heterocycles. The molecule has 5 rings (SSSR count). The molecule has 1 saturated heterocycles. The predicted molar refractivity (Wildman–Crippen MR) is 165 cm³/mol. The van der Waals surface area contributed by atoms with Gasteiger partial charge in [0.25, 0.3) is 0 Å². The number of aliphatic hydroxyl groups is 2. The molecule has 218 valence electrons. The monoisotopic (exact) mass is 586 g/mol. The van der Waals surface area contributed by atoms with Crippen LogP contribution in [0.15, 0.2) is 103 Å². The van der Waals surface area contributed by atoms with E-state index in [1.165, 1.54) is 0 Å². The van der Waals surface area contributed by atoms with Crippen molar-refractivity contribution < 1.29 is 29.2 Å². The largest absolute Gasteiger partial charge is 0.457 e. The minimum absolute atomic E-state index is 0.0146. The Bertz CT molecular complexity index is 1420. The Labute approximate surface area is 249 Å². The van der Waals surface area contributed by atoms with Gasteiger partial charge in [0.15, 0.2) is 6.29 Å². The summed E-state index contributed by atoms with van der Waals surface area (Å²) in [5.41, 5.74) is 3.85. The van der Waals surface area contributed by atoms with Gasteiger partial charge in [-0.15, -0.1) is 0 Å². The maximum Gasteiger partial charge on any atom is 0.323 e. The van der Waals surface area contributed by atoms with Gasteiger partial charge >= 0.3 is 6.03 Å². The van der Waals surface area contributed by atoms with Crippen LogP contribution < -0.4 is 15.4 Å². The van der Waals surface area contributed by atoms with E-state index < -0.39 is 6.29 Å². The fourth-order valence-corrected chi connectivity index (χ4v) is 5.36. The van der Waals surface area contributed by atoms with Crippen molar-refractivity contribution in [1.82, 2.24) is 0 Å². The van der Waals surface area contributed by atoms with Crippen molar-refractivity contribution in [1.29, 1.82) is 0 Å². The number of carbonyl (C=O) groups excluding carboxylic acids is 1. The van der Waals surface area contributed by atoms with Gasteiger partial charge in [0, 0.05) is 34.9 Å². The number of hydrogen-bond donors (Lipinski definition) is 4. The Kier molecular flexibility index (Phi) is 10.5. The molecule has 2 amide bonds. The van der Waals surface area contributed by atoms with Gasteiger partial charge in [-0.1, -0.05) is 54.6 Å². The van der Waals surface area contributed by atoms with Gasteiger partial charge in [-0.3, -0.25) is 0 Å². The molecule has 1 heterocycles. The number of benzene rings is 4. The van der Waals surface area contributed by atoms with Gasteiger partial charge in [-0.05, 0) is 59.7 Å². The van der Waals surface area contributed by atoms with E-state index in [1.54, 1.807) is 36.0 Å². The predicted octanol–water partition coefficient (Wildman–Crippen LogP) is 6.89. The van der Waals surface area contributed by atoms with E-state index in [2.05, 4.69) is 10.6 Å². The molecule has 8 nitrogen and oxygen atoms in total. The number of ether oxygens (including phenoxy) is 3. The Morgan fingerprint density at radius 1 is 0.810 bits per heavy atom. The lowest BCUT2D eigenvalue weighted by Crippen LogP contribution is -2.31. The van der Waals surface area contributed by atoms with Gasteiger partial charge in [0.1, 0.15) is 11.5 Å². The highest BCUT2D eigenvalue weighted by molar-refractivity contribution is 7.99. The lowest BCUT2D eigenvalue weighted by molar-refractivity contribution is -0.245. The Hall–Kier alpha value is -3.86. The molecule has 0 unspecified atom stereocenters. The number of para-hydroxylation sites is 1. The number of anilines is 2. The highest BCUT2D eigenvalue weighted by atomic mass is 32.2. The lowest BCUT2D eigenvalue weighted by atomic mass is 10.0. The van der Waals surface area contributed by atoms with Crippen LogP contribution in [0.5, 0.6) is 11.5 Å². The van der Waals surface area contributed by atoms with Crippen molar-refractivity contribution >= 4 is 29.2 Å².